The molecule has 2 heterocycles. The van der Waals surface area contributed by atoms with E-state index in [0.717, 1.165) is 0 Å². The highest BCUT2D eigenvalue weighted by Gasteiger charge is 2.46. The van der Waals surface area contributed by atoms with Crippen molar-refractivity contribution in [2.45, 2.75) is 26.4 Å². The first-order valence-corrected chi connectivity index (χ1v) is 12.4. The predicted octanol–water partition coefficient (Wildman–Crippen LogP) is 6.05. The number of ether oxygens (including phenoxy) is 2. The van der Waals surface area contributed by atoms with Crippen molar-refractivity contribution in [3.05, 3.63) is 93.2 Å². The molecule has 0 saturated carbocycles. The molecular weight excluding hydrogens is 515 g/mol. The van der Waals surface area contributed by atoms with Crippen LogP contribution in [0.4, 0.5) is 0 Å². The first-order valence-electron chi connectivity index (χ1n) is 11.7. The minimum atomic E-state index is -0.899. The molecule has 2 aromatic carbocycles. The molecule has 4 rings (SSSR count). The van der Waals surface area contributed by atoms with Crippen LogP contribution in [0.15, 0.2) is 66.4 Å². The van der Waals surface area contributed by atoms with Gasteiger partial charge >= 0.3 is 0 Å². The summed E-state index contributed by atoms with van der Waals surface area (Å²) in [5.74, 6) is -0.839. The van der Waals surface area contributed by atoms with Crippen LogP contribution in [-0.4, -0.2) is 40.4 Å². The van der Waals surface area contributed by atoms with E-state index in [2.05, 4.69) is 4.98 Å². The van der Waals surface area contributed by atoms with Crippen LogP contribution in [0, 0.1) is 5.92 Å². The van der Waals surface area contributed by atoms with Gasteiger partial charge in [-0.25, -0.2) is 0 Å². The molecule has 0 radical (unpaired) electrons. The predicted molar refractivity (Wildman–Crippen MR) is 142 cm³/mol. The number of methoxy groups -OCH3 is 1. The molecule has 0 spiro atoms. The second-order valence-electron chi connectivity index (χ2n) is 9.00. The lowest BCUT2D eigenvalue weighted by Crippen LogP contribution is -2.29. The summed E-state index contributed by atoms with van der Waals surface area (Å²) in [7, 11) is 1.42. The van der Waals surface area contributed by atoms with Gasteiger partial charge in [0.25, 0.3) is 11.7 Å². The van der Waals surface area contributed by atoms with Crippen molar-refractivity contribution in [2.24, 2.45) is 5.92 Å². The molecule has 1 unspecified atom stereocenters. The van der Waals surface area contributed by atoms with Crippen molar-refractivity contribution >= 4 is 40.7 Å². The van der Waals surface area contributed by atoms with Crippen LogP contribution in [-0.2, 0) is 16.1 Å². The molecule has 0 aliphatic carbocycles. The number of Topliss-reactive ketones (excluding diaryl/α,β-unsaturated/α-hetero) is 1. The fraction of sp³-hybridized carbons (Fsp3) is 0.250. The molecule has 0 bridgehead atoms. The summed E-state index contributed by atoms with van der Waals surface area (Å²) < 4.78 is 11.1. The lowest BCUT2D eigenvalue weighted by atomic mass is 9.95. The molecule has 1 aliphatic rings. The Balaban J connectivity index is 1.86. The molecule has 192 valence electrons. The van der Waals surface area contributed by atoms with Gasteiger partial charge < -0.3 is 19.5 Å². The van der Waals surface area contributed by atoms with Gasteiger partial charge in [0.05, 0.1) is 47.6 Å². The average molecular weight is 541 g/mol. The van der Waals surface area contributed by atoms with Crippen LogP contribution in [0.25, 0.3) is 5.76 Å². The van der Waals surface area contributed by atoms with E-state index in [9.17, 15) is 14.7 Å². The standard InChI is InChI=1S/C28H26Cl2N2O5/c1-16(2)15-37-20-9-6-7-17(11-20)24-23(25(33)18-12-21(29)27(36-3)22(30)13-18)26(34)28(35)32(24)14-19-8-4-5-10-31-19/h4-13,16,24,33H,14-15H2,1-3H3/b25-23+. The number of aromatic nitrogens is 1. The van der Waals surface area contributed by atoms with Crippen LogP contribution >= 0.6 is 23.2 Å². The third kappa shape index (κ3) is 5.58. The third-order valence-electron chi connectivity index (χ3n) is 5.83. The van der Waals surface area contributed by atoms with Crippen LogP contribution in [0.2, 0.25) is 10.0 Å². The number of carbonyl (C=O) groups is 2. The Morgan fingerprint density at radius 2 is 1.81 bits per heavy atom. The molecule has 7 nitrogen and oxygen atoms in total. The van der Waals surface area contributed by atoms with E-state index in [1.807, 2.05) is 13.8 Å². The summed E-state index contributed by atoms with van der Waals surface area (Å²) in [6, 6.07) is 14.5. The summed E-state index contributed by atoms with van der Waals surface area (Å²) in [6.45, 7) is 4.64. The molecule has 1 atom stereocenters. The molecule has 3 aromatic rings. The van der Waals surface area contributed by atoms with Crippen molar-refractivity contribution in [3.8, 4) is 11.5 Å². The molecular formula is C28H26Cl2N2O5. The molecule has 1 aromatic heterocycles. The number of aliphatic hydroxyl groups is 1. The number of halogens is 2. The van der Waals surface area contributed by atoms with E-state index in [-0.39, 0.29) is 33.5 Å². The smallest absolute Gasteiger partial charge is 0.296 e. The molecule has 1 fully saturated rings. The number of benzene rings is 2. The normalized spacial score (nSPS) is 16.9. The van der Waals surface area contributed by atoms with Gasteiger partial charge in [0.15, 0.2) is 5.75 Å². The first kappa shape index (κ1) is 26.5. The van der Waals surface area contributed by atoms with E-state index in [4.69, 9.17) is 32.7 Å². The maximum absolute atomic E-state index is 13.3. The maximum Gasteiger partial charge on any atom is 0.296 e. The number of rotatable bonds is 8. The Hall–Kier alpha value is -3.55. The monoisotopic (exact) mass is 540 g/mol. The first-order chi connectivity index (χ1) is 17.7. The van der Waals surface area contributed by atoms with Crippen molar-refractivity contribution in [1.82, 2.24) is 9.88 Å². The van der Waals surface area contributed by atoms with Crippen molar-refractivity contribution in [2.75, 3.05) is 13.7 Å². The molecule has 9 heteroatoms. The number of hydrogen-bond donors (Lipinski definition) is 1. The van der Waals surface area contributed by atoms with Crippen LogP contribution in [0.5, 0.6) is 11.5 Å². The zero-order valence-corrected chi connectivity index (χ0v) is 22.1. The summed E-state index contributed by atoms with van der Waals surface area (Å²) in [6.07, 6.45) is 1.61. The van der Waals surface area contributed by atoms with Gasteiger partial charge in [-0.3, -0.25) is 14.6 Å². The number of hydrogen-bond acceptors (Lipinski definition) is 6. The van der Waals surface area contributed by atoms with Crippen LogP contribution < -0.4 is 9.47 Å². The maximum atomic E-state index is 13.3. The van der Waals surface area contributed by atoms with Crippen molar-refractivity contribution in [3.63, 3.8) is 0 Å². The highest BCUT2D eigenvalue weighted by Crippen LogP contribution is 2.43. The van der Waals surface area contributed by atoms with Gasteiger partial charge in [0.2, 0.25) is 0 Å². The second-order valence-corrected chi connectivity index (χ2v) is 9.81. The van der Waals surface area contributed by atoms with Crippen LogP contribution in [0.3, 0.4) is 0 Å². The minimum absolute atomic E-state index is 0.0636. The second kappa shape index (κ2) is 11.2. The third-order valence-corrected chi connectivity index (χ3v) is 6.39. The minimum Gasteiger partial charge on any atom is -0.507 e. The van der Waals surface area contributed by atoms with Gasteiger partial charge in [0.1, 0.15) is 11.5 Å². The van der Waals surface area contributed by atoms with E-state index < -0.39 is 23.5 Å². The Bertz CT molecular complexity index is 1330. The Morgan fingerprint density at radius 1 is 1.08 bits per heavy atom. The number of likely N-dealkylation sites (tertiary alicyclic amines) is 1. The number of nitrogens with zero attached hydrogens (tertiary/aromatic N) is 2. The number of ketones is 1. The molecule has 1 aliphatic heterocycles. The number of pyridine rings is 1. The fourth-order valence-electron chi connectivity index (χ4n) is 4.14. The molecule has 1 N–H and O–H groups in total. The lowest BCUT2D eigenvalue weighted by Gasteiger charge is -2.25. The Morgan fingerprint density at radius 3 is 2.43 bits per heavy atom. The quantitative estimate of drug-likeness (QED) is 0.212. The van der Waals surface area contributed by atoms with E-state index in [1.54, 1.807) is 48.7 Å². The van der Waals surface area contributed by atoms with E-state index in [0.29, 0.717) is 29.5 Å². The topological polar surface area (TPSA) is 89.0 Å². The molecule has 1 saturated heterocycles. The Labute approximate surface area is 225 Å². The zero-order valence-electron chi connectivity index (χ0n) is 20.6. The molecule has 37 heavy (non-hydrogen) atoms. The largest absolute Gasteiger partial charge is 0.507 e. The number of amides is 1. The lowest BCUT2D eigenvalue weighted by molar-refractivity contribution is -0.140. The van der Waals surface area contributed by atoms with Gasteiger partial charge in [-0.2, -0.15) is 0 Å². The fourth-order valence-corrected chi connectivity index (χ4v) is 4.78. The molecule has 1 amide bonds. The SMILES string of the molecule is COc1c(Cl)cc(/C(O)=C2\C(=O)C(=O)N(Cc3ccccn3)C2c2cccc(OCC(C)C)c2)cc1Cl. The van der Waals surface area contributed by atoms with Crippen molar-refractivity contribution < 1.29 is 24.2 Å². The van der Waals surface area contributed by atoms with Gasteiger partial charge in [-0.05, 0) is 47.9 Å². The number of carbonyl (C=O) groups excluding carboxylic acids is 2. The van der Waals surface area contributed by atoms with Gasteiger partial charge in [0, 0.05) is 11.8 Å². The van der Waals surface area contributed by atoms with Crippen LogP contribution in [0.1, 0.15) is 36.7 Å². The zero-order chi connectivity index (χ0) is 26.7. The highest BCUT2D eigenvalue weighted by molar-refractivity contribution is 6.46. The average Bonchev–Trinajstić information content (AvgIpc) is 3.12. The summed E-state index contributed by atoms with van der Waals surface area (Å²) in [5.41, 5.74) is 1.30. The van der Waals surface area contributed by atoms with E-state index in [1.165, 1.54) is 24.1 Å². The highest BCUT2D eigenvalue weighted by atomic mass is 35.5. The van der Waals surface area contributed by atoms with Gasteiger partial charge in [-0.1, -0.05) is 55.2 Å². The van der Waals surface area contributed by atoms with Gasteiger partial charge in [-0.15, -0.1) is 0 Å². The Kier molecular flexibility index (Phi) is 8.05. The summed E-state index contributed by atoms with van der Waals surface area (Å²) in [4.78, 5) is 32.3. The summed E-state index contributed by atoms with van der Waals surface area (Å²) in [5, 5.41) is 11.7. The van der Waals surface area contributed by atoms with E-state index >= 15 is 0 Å². The summed E-state index contributed by atoms with van der Waals surface area (Å²) >= 11 is 12.6. The number of aliphatic hydroxyl groups excluding tert-OH is 1. The van der Waals surface area contributed by atoms with Crippen molar-refractivity contribution in [1.29, 1.82) is 0 Å².